The minimum absolute atomic E-state index is 0.279. The van der Waals surface area contributed by atoms with Crippen LogP contribution in [0, 0.1) is 12.3 Å². The van der Waals surface area contributed by atoms with Gasteiger partial charge in [-0.25, -0.2) is 9.97 Å². The van der Waals surface area contributed by atoms with Crippen molar-refractivity contribution in [2.45, 2.75) is 26.7 Å². The second-order valence-electron chi connectivity index (χ2n) is 5.33. The van der Waals surface area contributed by atoms with Gasteiger partial charge in [0.2, 0.25) is 5.88 Å². The third-order valence-electron chi connectivity index (χ3n) is 3.97. The first kappa shape index (κ1) is 13.1. The summed E-state index contributed by atoms with van der Waals surface area (Å²) in [6.07, 6.45) is 3.78. The predicted octanol–water partition coefficient (Wildman–Crippen LogP) is 1.36. The predicted molar refractivity (Wildman–Crippen MR) is 71.9 cm³/mol. The van der Waals surface area contributed by atoms with Crippen LogP contribution in [0.2, 0.25) is 0 Å². The van der Waals surface area contributed by atoms with Gasteiger partial charge in [0.05, 0.1) is 12.7 Å². The molecule has 2 rings (SSSR count). The van der Waals surface area contributed by atoms with Gasteiger partial charge in [-0.1, -0.05) is 6.92 Å². The zero-order valence-electron chi connectivity index (χ0n) is 11.4. The first-order chi connectivity index (χ1) is 8.59. The third-order valence-corrected chi connectivity index (χ3v) is 3.97. The Kier molecular flexibility index (Phi) is 3.71. The number of methoxy groups -OCH3 is 1. The zero-order chi connectivity index (χ0) is 13.2. The van der Waals surface area contributed by atoms with E-state index in [-0.39, 0.29) is 5.41 Å². The summed E-state index contributed by atoms with van der Waals surface area (Å²) >= 11 is 0. The molecular formula is C13H22N4O. The Morgan fingerprint density at radius 3 is 2.61 bits per heavy atom. The zero-order valence-corrected chi connectivity index (χ0v) is 11.4. The van der Waals surface area contributed by atoms with Gasteiger partial charge < -0.3 is 15.4 Å². The highest BCUT2D eigenvalue weighted by Gasteiger charge is 2.30. The van der Waals surface area contributed by atoms with Crippen molar-refractivity contribution >= 4 is 5.82 Å². The van der Waals surface area contributed by atoms with Gasteiger partial charge >= 0.3 is 0 Å². The molecule has 1 saturated heterocycles. The lowest BCUT2D eigenvalue weighted by Gasteiger charge is -2.39. The van der Waals surface area contributed by atoms with E-state index in [9.17, 15) is 0 Å². The fourth-order valence-corrected chi connectivity index (χ4v) is 2.41. The quantitative estimate of drug-likeness (QED) is 0.877. The van der Waals surface area contributed by atoms with E-state index in [0.29, 0.717) is 5.88 Å². The van der Waals surface area contributed by atoms with Gasteiger partial charge in [-0.3, -0.25) is 0 Å². The average Bonchev–Trinajstić information content (AvgIpc) is 2.40. The van der Waals surface area contributed by atoms with Crippen LogP contribution in [0.15, 0.2) is 6.33 Å². The van der Waals surface area contributed by atoms with Gasteiger partial charge in [0, 0.05) is 13.1 Å². The second-order valence-corrected chi connectivity index (χ2v) is 5.33. The molecule has 0 aromatic carbocycles. The summed E-state index contributed by atoms with van der Waals surface area (Å²) in [6, 6.07) is 0. The molecule has 0 aliphatic carbocycles. The summed E-state index contributed by atoms with van der Waals surface area (Å²) in [5.74, 6) is 1.65. The number of hydrogen-bond acceptors (Lipinski definition) is 5. The van der Waals surface area contributed by atoms with Crippen molar-refractivity contribution in [3.63, 3.8) is 0 Å². The van der Waals surface area contributed by atoms with Gasteiger partial charge in [0.25, 0.3) is 0 Å². The average molecular weight is 250 g/mol. The van der Waals surface area contributed by atoms with E-state index < -0.39 is 0 Å². The standard InChI is InChI=1S/C13H22N4O/c1-10-11(15-9-16-12(10)18-3)17-6-4-13(2,8-14)5-7-17/h9H,4-8,14H2,1-3H3. The summed E-state index contributed by atoms with van der Waals surface area (Å²) in [4.78, 5) is 10.8. The maximum absolute atomic E-state index is 5.83. The molecular weight excluding hydrogens is 228 g/mol. The summed E-state index contributed by atoms with van der Waals surface area (Å²) < 4.78 is 5.24. The van der Waals surface area contributed by atoms with E-state index >= 15 is 0 Å². The number of rotatable bonds is 3. The van der Waals surface area contributed by atoms with Gasteiger partial charge in [0.1, 0.15) is 12.1 Å². The smallest absolute Gasteiger partial charge is 0.221 e. The van der Waals surface area contributed by atoms with Crippen LogP contribution >= 0.6 is 0 Å². The number of piperidine rings is 1. The molecule has 100 valence electrons. The summed E-state index contributed by atoms with van der Waals surface area (Å²) in [5, 5.41) is 0. The lowest BCUT2D eigenvalue weighted by Crippen LogP contribution is -2.42. The fraction of sp³-hybridized carbons (Fsp3) is 0.692. The Balaban J connectivity index is 2.15. The van der Waals surface area contributed by atoms with Gasteiger partial charge in [-0.05, 0) is 31.7 Å². The Morgan fingerprint density at radius 1 is 1.39 bits per heavy atom. The molecule has 0 unspecified atom stereocenters. The second kappa shape index (κ2) is 5.10. The molecule has 0 radical (unpaired) electrons. The van der Waals surface area contributed by atoms with Crippen molar-refractivity contribution in [3.8, 4) is 5.88 Å². The highest BCUT2D eigenvalue weighted by Crippen LogP contribution is 2.33. The lowest BCUT2D eigenvalue weighted by atomic mass is 9.80. The molecule has 0 spiro atoms. The molecule has 1 aromatic rings. The highest BCUT2D eigenvalue weighted by atomic mass is 16.5. The van der Waals surface area contributed by atoms with Gasteiger partial charge in [-0.15, -0.1) is 0 Å². The van der Waals surface area contributed by atoms with E-state index in [4.69, 9.17) is 10.5 Å². The first-order valence-electron chi connectivity index (χ1n) is 6.40. The van der Waals surface area contributed by atoms with Crippen LogP contribution in [-0.4, -0.2) is 36.7 Å². The Hall–Kier alpha value is -1.36. The van der Waals surface area contributed by atoms with Crippen molar-refractivity contribution in [3.05, 3.63) is 11.9 Å². The van der Waals surface area contributed by atoms with Crippen molar-refractivity contribution < 1.29 is 4.74 Å². The molecule has 0 saturated carbocycles. The number of aromatic nitrogens is 2. The summed E-state index contributed by atoms with van der Waals surface area (Å²) in [6.45, 7) is 7.01. The topological polar surface area (TPSA) is 64.3 Å². The Labute approximate surface area is 108 Å². The summed E-state index contributed by atoms with van der Waals surface area (Å²) in [5.41, 5.74) is 7.12. The third kappa shape index (κ3) is 2.41. The molecule has 0 atom stereocenters. The van der Waals surface area contributed by atoms with E-state index in [1.165, 1.54) is 0 Å². The van der Waals surface area contributed by atoms with Crippen molar-refractivity contribution in [2.24, 2.45) is 11.1 Å². The minimum atomic E-state index is 0.279. The minimum Gasteiger partial charge on any atom is -0.481 e. The first-order valence-corrected chi connectivity index (χ1v) is 6.40. The molecule has 5 heteroatoms. The van der Waals surface area contributed by atoms with Gasteiger partial charge in [0.15, 0.2) is 0 Å². The van der Waals surface area contributed by atoms with Crippen LogP contribution < -0.4 is 15.4 Å². The van der Waals surface area contributed by atoms with Crippen LogP contribution in [0.5, 0.6) is 5.88 Å². The van der Waals surface area contributed by atoms with E-state index in [1.807, 2.05) is 6.92 Å². The fourth-order valence-electron chi connectivity index (χ4n) is 2.41. The number of ether oxygens (including phenoxy) is 1. The van der Waals surface area contributed by atoms with Crippen LogP contribution in [0.4, 0.5) is 5.82 Å². The number of anilines is 1. The molecule has 1 aliphatic rings. The molecule has 5 nitrogen and oxygen atoms in total. The maximum Gasteiger partial charge on any atom is 0.221 e. The largest absolute Gasteiger partial charge is 0.481 e. The number of nitrogens with zero attached hydrogens (tertiary/aromatic N) is 3. The molecule has 0 amide bonds. The molecule has 2 N–H and O–H groups in total. The maximum atomic E-state index is 5.83. The lowest BCUT2D eigenvalue weighted by molar-refractivity contribution is 0.257. The van der Waals surface area contributed by atoms with Crippen LogP contribution in [0.3, 0.4) is 0 Å². The van der Waals surface area contributed by atoms with E-state index in [2.05, 4.69) is 21.8 Å². The van der Waals surface area contributed by atoms with E-state index in [0.717, 1.165) is 43.9 Å². The number of hydrogen-bond donors (Lipinski definition) is 1. The Bertz CT molecular complexity index is 413. The van der Waals surface area contributed by atoms with Crippen molar-refractivity contribution in [2.75, 3.05) is 31.6 Å². The van der Waals surface area contributed by atoms with Crippen molar-refractivity contribution in [1.29, 1.82) is 0 Å². The molecule has 1 aliphatic heterocycles. The molecule has 1 aromatic heterocycles. The van der Waals surface area contributed by atoms with Crippen molar-refractivity contribution in [1.82, 2.24) is 9.97 Å². The molecule has 0 bridgehead atoms. The summed E-state index contributed by atoms with van der Waals surface area (Å²) in [7, 11) is 1.64. The normalized spacial score (nSPS) is 18.8. The molecule has 1 fully saturated rings. The monoisotopic (exact) mass is 250 g/mol. The van der Waals surface area contributed by atoms with Crippen LogP contribution in [0.25, 0.3) is 0 Å². The molecule has 2 heterocycles. The SMILES string of the molecule is COc1ncnc(N2CCC(C)(CN)CC2)c1C. The number of nitrogens with two attached hydrogens (primary N) is 1. The molecule has 18 heavy (non-hydrogen) atoms. The van der Waals surface area contributed by atoms with Crippen LogP contribution in [0.1, 0.15) is 25.3 Å². The Morgan fingerprint density at radius 2 is 2.06 bits per heavy atom. The van der Waals surface area contributed by atoms with Gasteiger partial charge in [-0.2, -0.15) is 0 Å². The van der Waals surface area contributed by atoms with E-state index in [1.54, 1.807) is 13.4 Å². The highest BCUT2D eigenvalue weighted by molar-refractivity contribution is 5.50. The van der Waals surface area contributed by atoms with Crippen LogP contribution in [-0.2, 0) is 0 Å².